The summed E-state index contributed by atoms with van der Waals surface area (Å²) < 4.78 is 22.1. The van der Waals surface area contributed by atoms with Crippen LogP contribution >= 0.6 is 0 Å². The van der Waals surface area contributed by atoms with E-state index in [1.54, 1.807) is 0 Å². The van der Waals surface area contributed by atoms with Crippen molar-refractivity contribution in [2.75, 3.05) is 18.1 Å². The average molecular weight is 220 g/mol. The van der Waals surface area contributed by atoms with E-state index in [0.717, 1.165) is 0 Å². The molecule has 6 heteroatoms. The molecule has 0 bridgehead atoms. The zero-order chi connectivity index (χ0) is 10.6. The summed E-state index contributed by atoms with van der Waals surface area (Å²) in [5.41, 5.74) is 5.25. The van der Waals surface area contributed by atoms with Crippen molar-refractivity contribution in [3.05, 3.63) is 0 Å². The minimum atomic E-state index is -2.90. The topological polar surface area (TPSA) is 89.3 Å². The van der Waals surface area contributed by atoms with Gasteiger partial charge >= 0.3 is 0 Å². The number of rotatable bonds is 4. The van der Waals surface area contributed by atoms with Crippen molar-refractivity contribution in [3.63, 3.8) is 0 Å². The molecular formula is C8H16N2O3S. The van der Waals surface area contributed by atoms with Crippen molar-refractivity contribution >= 4 is 15.7 Å². The first-order valence-corrected chi connectivity index (χ1v) is 6.55. The van der Waals surface area contributed by atoms with Gasteiger partial charge in [0, 0.05) is 12.5 Å². The standard InChI is InChI=1S/C8H16N2O3S/c9-4-1-2-8(11)10-7-3-5-14(12,13)6-7/h7H,1-6,9H2,(H,10,11). The number of sulfone groups is 1. The first kappa shape index (κ1) is 11.5. The number of nitrogens with two attached hydrogens (primary N) is 1. The predicted octanol–water partition coefficient (Wildman–Crippen LogP) is -0.971. The smallest absolute Gasteiger partial charge is 0.220 e. The van der Waals surface area contributed by atoms with E-state index in [0.29, 0.717) is 25.8 Å². The maximum atomic E-state index is 11.2. The van der Waals surface area contributed by atoms with E-state index < -0.39 is 9.84 Å². The third kappa shape index (κ3) is 3.63. The van der Waals surface area contributed by atoms with Crippen LogP contribution in [-0.2, 0) is 14.6 Å². The highest BCUT2D eigenvalue weighted by Crippen LogP contribution is 2.11. The number of nitrogens with one attached hydrogen (secondary N) is 1. The Morgan fingerprint density at radius 2 is 2.21 bits per heavy atom. The monoisotopic (exact) mass is 220 g/mol. The van der Waals surface area contributed by atoms with Crippen LogP contribution in [0.2, 0.25) is 0 Å². The molecule has 0 aromatic rings. The Bertz CT molecular complexity index is 300. The van der Waals surface area contributed by atoms with Gasteiger partial charge in [-0.15, -0.1) is 0 Å². The van der Waals surface area contributed by atoms with Crippen LogP contribution in [0.15, 0.2) is 0 Å². The zero-order valence-corrected chi connectivity index (χ0v) is 8.85. The van der Waals surface area contributed by atoms with Crippen molar-refractivity contribution in [2.24, 2.45) is 5.73 Å². The lowest BCUT2D eigenvalue weighted by Crippen LogP contribution is -2.35. The SMILES string of the molecule is NCCCC(=O)NC1CCS(=O)(=O)C1. The molecule has 1 fully saturated rings. The summed E-state index contributed by atoms with van der Waals surface area (Å²) in [6.07, 6.45) is 1.56. The molecule has 0 spiro atoms. The van der Waals surface area contributed by atoms with E-state index in [1.807, 2.05) is 0 Å². The Labute approximate surface area is 84.0 Å². The molecule has 0 aliphatic carbocycles. The first-order chi connectivity index (χ1) is 6.53. The molecule has 1 rings (SSSR count). The van der Waals surface area contributed by atoms with Crippen LogP contribution in [0.1, 0.15) is 19.3 Å². The average Bonchev–Trinajstić information content (AvgIpc) is 2.42. The molecule has 1 unspecified atom stereocenters. The van der Waals surface area contributed by atoms with Gasteiger partial charge in [0.1, 0.15) is 0 Å². The lowest BCUT2D eigenvalue weighted by Gasteiger charge is -2.09. The molecule has 0 radical (unpaired) electrons. The van der Waals surface area contributed by atoms with Crippen LogP contribution in [0, 0.1) is 0 Å². The molecule has 1 aliphatic rings. The van der Waals surface area contributed by atoms with Crippen LogP contribution in [0.5, 0.6) is 0 Å². The highest BCUT2D eigenvalue weighted by atomic mass is 32.2. The Morgan fingerprint density at radius 1 is 1.50 bits per heavy atom. The predicted molar refractivity (Wildman–Crippen MR) is 53.5 cm³/mol. The third-order valence-corrected chi connectivity index (χ3v) is 3.97. The normalized spacial score (nSPS) is 24.8. The molecule has 1 aliphatic heterocycles. The van der Waals surface area contributed by atoms with Gasteiger partial charge in [-0.1, -0.05) is 0 Å². The minimum absolute atomic E-state index is 0.0847. The molecule has 0 saturated carbocycles. The second-order valence-corrected chi connectivity index (χ2v) is 5.79. The summed E-state index contributed by atoms with van der Waals surface area (Å²) in [7, 11) is -2.90. The number of hydrogen-bond donors (Lipinski definition) is 2. The van der Waals surface area contributed by atoms with Gasteiger partial charge in [-0.3, -0.25) is 4.79 Å². The van der Waals surface area contributed by atoms with Gasteiger partial charge in [0.05, 0.1) is 11.5 Å². The van der Waals surface area contributed by atoms with Crippen molar-refractivity contribution in [1.82, 2.24) is 5.32 Å². The molecule has 14 heavy (non-hydrogen) atoms. The Balaban J connectivity index is 2.29. The van der Waals surface area contributed by atoms with Gasteiger partial charge in [-0.2, -0.15) is 0 Å². The Hall–Kier alpha value is -0.620. The van der Waals surface area contributed by atoms with E-state index in [9.17, 15) is 13.2 Å². The fourth-order valence-corrected chi connectivity index (χ4v) is 3.14. The van der Waals surface area contributed by atoms with Gasteiger partial charge in [0.25, 0.3) is 0 Å². The van der Waals surface area contributed by atoms with Gasteiger partial charge < -0.3 is 11.1 Å². The third-order valence-electron chi connectivity index (χ3n) is 2.21. The molecule has 1 heterocycles. The van der Waals surface area contributed by atoms with Crippen molar-refractivity contribution in [2.45, 2.75) is 25.3 Å². The Kier molecular flexibility index (Phi) is 3.88. The van der Waals surface area contributed by atoms with Crippen LogP contribution in [0.3, 0.4) is 0 Å². The molecular weight excluding hydrogens is 204 g/mol. The highest BCUT2D eigenvalue weighted by molar-refractivity contribution is 7.91. The van der Waals surface area contributed by atoms with Crippen molar-refractivity contribution in [1.29, 1.82) is 0 Å². The number of carbonyl (C=O) groups is 1. The number of hydrogen-bond acceptors (Lipinski definition) is 4. The second-order valence-electron chi connectivity index (χ2n) is 3.56. The van der Waals surface area contributed by atoms with E-state index in [-0.39, 0.29) is 23.5 Å². The quantitative estimate of drug-likeness (QED) is 0.638. The molecule has 1 amide bonds. The molecule has 0 aromatic heterocycles. The maximum absolute atomic E-state index is 11.2. The summed E-state index contributed by atoms with van der Waals surface area (Å²) in [6, 6.07) is -0.190. The zero-order valence-electron chi connectivity index (χ0n) is 8.03. The van der Waals surface area contributed by atoms with E-state index >= 15 is 0 Å². The second kappa shape index (κ2) is 4.75. The lowest BCUT2D eigenvalue weighted by atomic mass is 10.2. The van der Waals surface area contributed by atoms with Gasteiger partial charge in [0.15, 0.2) is 9.84 Å². The summed E-state index contributed by atoms with van der Waals surface area (Å²) in [5, 5.41) is 2.70. The lowest BCUT2D eigenvalue weighted by molar-refractivity contribution is -0.121. The molecule has 1 atom stereocenters. The highest BCUT2D eigenvalue weighted by Gasteiger charge is 2.28. The molecule has 3 N–H and O–H groups in total. The minimum Gasteiger partial charge on any atom is -0.352 e. The van der Waals surface area contributed by atoms with Crippen LogP contribution < -0.4 is 11.1 Å². The van der Waals surface area contributed by atoms with E-state index in [4.69, 9.17) is 5.73 Å². The fraction of sp³-hybridized carbons (Fsp3) is 0.875. The van der Waals surface area contributed by atoms with Crippen LogP contribution in [0.25, 0.3) is 0 Å². The largest absolute Gasteiger partial charge is 0.352 e. The Morgan fingerprint density at radius 3 is 2.71 bits per heavy atom. The van der Waals surface area contributed by atoms with Crippen LogP contribution in [0.4, 0.5) is 0 Å². The summed E-state index contributed by atoms with van der Waals surface area (Å²) in [6.45, 7) is 0.483. The van der Waals surface area contributed by atoms with Gasteiger partial charge in [-0.05, 0) is 19.4 Å². The van der Waals surface area contributed by atoms with Gasteiger partial charge in [0.2, 0.25) is 5.91 Å². The van der Waals surface area contributed by atoms with Crippen molar-refractivity contribution < 1.29 is 13.2 Å². The molecule has 1 saturated heterocycles. The maximum Gasteiger partial charge on any atom is 0.220 e. The first-order valence-electron chi connectivity index (χ1n) is 4.73. The summed E-state index contributed by atoms with van der Waals surface area (Å²) in [4.78, 5) is 11.2. The fourth-order valence-electron chi connectivity index (χ4n) is 1.47. The van der Waals surface area contributed by atoms with Crippen molar-refractivity contribution in [3.8, 4) is 0 Å². The molecule has 82 valence electrons. The van der Waals surface area contributed by atoms with E-state index in [2.05, 4.69) is 5.32 Å². The molecule has 0 aromatic carbocycles. The summed E-state index contributed by atoms with van der Waals surface area (Å²) in [5.74, 6) is 0.175. The van der Waals surface area contributed by atoms with E-state index in [1.165, 1.54) is 0 Å². The number of amides is 1. The van der Waals surface area contributed by atoms with Crippen LogP contribution in [-0.4, -0.2) is 38.4 Å². The molecule has 5 nitrogen and oxygen atoms in total. The number of carbonyl (C=O) groups excluding carboxylic acids is 1. The summed E-state index contributed by atoms with van der Waals surface area (Å²) >= 11 is 0. The van der Waals surface area contributed by atoms with Gasteiger partial charge in [-0.25, -0.2) is 8.42 Å².